The number of rotatable bonds is 9. The molecule has 1 N–H and O–H groups in total. The van der Waals surface area contributed by atoms with Crippen LogP contribution in [0.4, 0.5) is 10.5 Å². The van der Waals surface area contributed by atoms with Gasteiger partial charge >= 0.3 is 6.03 Å². The minimum Gasteiger partial charge on any atom is -0.332 e. The zero-order valence-corrected chi connectivity index (χ0v) is 21.2. The fraction of sp³-hybridized carbons (Fsp3) is 0.308. The first kappa shape index (κ1) is 24.9. The summed E-state index contributed by atoms with van der Waals surface area (Å²) < 4.78 is 0. The number of nitrogens with one attached hydrogen (secondary N) is 1. The van der Waals surface area contributed by atoms with Crippen molar-refractivity contribution in [1.29, 1.82) is 0 Å². The van der Waals surface area contributed by atoms with Gasteiger partial charge in [0.05, 0.1) is 6.54 Å². The van der Waals surface area contributed by atoms with Crippen molar-refractivity contribution in [3.8, 4) is 0 Å². The van der Waals surface area contributed by atoms with Gasteiger partial charge in [-0.3, -0.25) is 4.79 Å². The number of nitrogens with zero attached hydrogens (tertiary/aromatic N) is 2. The molecule has 1 heterocycles. The summed E-state index contributed by atoms with van der Waals surface area (Å²) in [6.45, 7) is 6.96. The molecular weight excluding hydrogens is 450 g/mol. The van der Waals surface area contributed by atoms with Gasteiger partial charge < -0.3 is 15.1 Å². The standard InChI is InChI=1S/C26H31N3O2S2/c1-19(2)29(26(31)27-22-10-12-23(32-4)13-11-22)18-25(30)28(16-21-8-6-5-7-9-21)17-24-20(3)14-15-33-24/h5-15,19H,16-18H2,1-4H3,(H,27,31). The van der Waals surface area contributed by atoms with Gasteiger partial charge in [0.25, 0.3) is 0 Å². The fourth-order valence-corrected chi connectivity index (χ4v) is 4.71. The number of thioether (sulfide) groups is 1. The number of hydrogen-bond donors (Lipinski definition) is 1. The van der Waals surface area contributed by atoms with Gasteiger partial charge in [-0.15, -0.1) is 23.1 Å². The summed E-state index contributed by atoms with van der Waals surface area (Å²) in [5, 5.41) is 4.98. The first-order valence-corrected chi connectivity index (χ1v) is 13.0. The van der Waals surface area contributed by atoms with Crippen LogP contribution in [0.25, 0.3) is 0 Å². The molecule has 2 aromatic carbocycles. The quantitative estimate of drug-likeness (QED) is 0.368. The number of aryl methyl sites for hydroxylation is 1. The van der Waals surface area contributed by atoms with Crippen LogP contribution >= 0.6 is 23.1 Å². The molecule has 0 radical (unpaired) electrons. The molecule has 0 unspecified atom stereocenters. The molecule has 7 heteroatoms. The molecule has 0 fully saturated rings. The Morgan fingerprint density at radius 3 is 2.27 bits per heavy atom. The summed E-state index contributed by atoms with van der Waals surface area (Å²) in [7, 11) is 0. The lowest BCUT2D eigenvalue weighted by atomic mass is 10.2. The highest BCUT2D eigenvalue weighted by molar-refractivity contribution is 7.98. The monoisotopic (exact) mass is 481 g/mol. The van der Waals surface area contributed by atoms with Gasteiger partial charge in [0.15, 0.2) is 0 Å². The van der Waals surface area contributed by atoms with E-state index >= 15 is 0 Å². The molecule has 0 atom stereocenters. The van der Waals surface area contributed by atoms with E-state index in [2.05, 4.69) is 18.3 Å². The van der Waals surface area contributed by atoms with Crippen LogP contribution in [0.15, 0.2) is 70.9 Å². The van der Waals surface area contributed by atoms with E-state index in [-0.39, 0.29) is 24.5 Å². The van der Waals surface area contributed by atoms with Crippen molar-refractivity contribution in [3.05, 3.63) is 82.0 Å². The lowest BCUT2D eigenvalue weighted by Crippen LogP contribution is -2.47. The van der Waals surface area contributed by atoms with Crippen molar-refractivity contribution in [2.75, 3.05) is 18.1 Å². The third-order valence-electron chi connectivity index (χ3n) is 5.40. The van der Waals surface area contributed by atoms with Crippen LogP contribution < -0.4 is 5.32 Å². The van der Waals surface area contributed by atoms with Gasteiger partial charge in [0.2, 0.25) is 5.91 Å². The normalized spacial score (nSPS) is 10.8. The molecule has 0 aliphatic rings. The van der Waals surface area contributed by atoms with Crippen molar-refractivity contribution in [2.45, 2.75) is 44.8 Å². The van der Waals surface area contributed by atoms with E-state index in [9.17, 15) is 9.59 Å². The van der Waals surface area contributed by atoms with E-state index in [1.165, 1.54) is 5.56 Å². The molecule has 0 saturated heterocycles. The highest BCUT2D eigenvalue weighted by Gasteiger charge is 2.24. The van der Waals surface area contributed by atoms with E-state index in [1.54, 1.807) is 28.0 Å². The Balaban J connectivity index is 1.74. The smallest absolute Gasteiger partial charge is 0.322 e. The maximum Gasteiger partial charge on any atom is 0.322 e. The number of carbonyl (C=O) groups excluding carboxylic acids is 2. The van der Waals surface area contributed by atoms with Crippen LogP contribution in [-0.4, -0.2) is 40.6 Å². The van der Waals surface area contributed by atoms with Gasteiger partial charge in [-0.2, -0.15) is 0 Å². The molecule has 0 saturated carbocycles. The average molecular weight is 482 g/mol. The summed E-state index contributed by atoms with van der Waals surface area (Å²) in [4.78, 5) is 32.2. The second kappa shape index (κ2) is 11.9. The third kappa shape index (κ3) is 7.11. The lowest BCUT2D eigenvalue weighted by Gasteiger charge is -2.30. The van der Waals surface area contributed by atoms with Crippen molar-refractivity contribution >= 4 is 40.7 Å². The zero-order valence-electron chi connectivity index (χ0n) is 19.6. The topological polar surface area (TPSA) is 52.7 Å². The highest BCUT2D eigenvalue weighted by atomic mass is 32.2. The number of urea groups is 1. The second-order valence-electron chi connectivity index (χ2n) is 8.14. The van der Waals surface area contributed by atoms with Crippen molar-refractivity contribution < 1.29 is 9.59 Å². The van der Waals surface area contributed by atoms with Gasteiger partial charge in [0, 0.05) is 28.0 Å². The molecule has 0 aliphatic heterocycles. The van der Waals surface area contributed by atoms with Crippen molar-refractivity contribution in [1.82, 2.24) is 9.80 Å². The van der Waals surface area contributed by atoms with Crippen LogP contribution in [0.5, 0.6) is 0 Å². The first-order valence-electron chi connectivity index (χ1n) is 10.9. The van der Waals surface area contributed by atoms with E-state index in [1.807, 2.05) is 85.0 Å². The first-order chi connectivity index (χ1) is 15.9. The summed E-state index contributed by atoms with van der Waals surface area (Å²) in [5.74, 6) is -0.0757. The molecule has 0 aliphatic carbocycles. The molecule has 0 bridgehead atoms. The molecule has 3 aromatic rings. The predicted octanol–water partition coefficient (Wildman–Crippen LogP) is 6.25. The second-order valence-corrected chi connectivity index (χ2v) is 10.0. The number of hydrogen-bond acceptors (Lipinski definition) is 4. The maximum atomic E-state index is 13.4. The SMILES string of the molecule is CSc1ccc(NC(=O)N(CC(=O)N(Cc2ccccc2)Cc2sccc2C)C(C)C)cc1. The number of carbonyl (C=O) groups is 2. The van der Waals surface area contributed by atoms with E-state index in [4.69, 9.17) is 0 Å². The van der Waals surface area contributed by atoms with Crippen molar-refractivity contribution in [3.63, 3.8) is 0 Å². The van der Waals surface area contributed by atoms with E-state index in [0.29, 0.717) is 18.8 Å². The van der Waals surface area contributed by atoms with E-state index in [0.717, 1.165) is 15.3 Å². The Hall–Kier alpha value is -2.77. The van der Waals surface area contributed by atoms with Crippen molar-refractivity contribution in [2.24, 2.45) is 0 Å². The van der Waals surface area contributed by atoms with Gasteiger partial charge in [-0.1, -0.05) is 30.3 Å². The number of anilines is 1. The lowest BCUT2D eigenvalue weighted by molar-refractivity contribution is -0.133. The minimum absolute atomic E-state index is 0.0175. The largest absolute Gasteiger partial charge is 0.332 e. The van der Waals surface area contributed by atoms with Gasteiger partial charge in [0.1, 0.15) is 6.54 Å². The molecular formula is C26H31N3O2S2. The Bertz CT molecular complexity index is 1050. The molecule has 3 amide bonds. The number of thiophene rings is 1. The van der Waals surface area contributed by atoms with Gasteiger partial charge in [-0.05, 0) is 73.9 Å². The fourth-order valence-electron chi connectivity index (χ4n) is 3.38. The Kier molecular flexibility index (Phi) is 8.97. The van der Waals surface area contributed by atoms with Crippen LogP contribution in [0.1, 0.15) is 29.9 Å². The Morgan fingerprint density at radius 1 is 1.00 bits per heavy atom. The van der Waals surface area contributed by atoms with Crippen LogP contribution in [0.3, 0.4) is 0 Å². The third-order valence-corrected chi connectivity index (χ3v) is 7.15. The number of benzene rings is 2. The van der Waals surface area contributed by atoms with Crippen LogP contribution in [0, 0.1) is 6.92 Å². The van der Waals surface area contributed by atoms with E-state index < -0.39 is 0 Å². The Morgan fingerprint density at radius 2 is 1.70 bits per heavy atom. The molecule has 0 spiro atoms. The molecule has 1 aromatic heterocycles. The number of amides is 3. The average Bonchev–Trinajstić information content (AvgIpc) is 3.22. The molecule has 5 nitrogen and oxygen atoms in total. The van der Waals surface area contributed by atoms with Crippen LogP contribution in [-0.2, 0) is 17.9 Å². The molecule has 33 heavy (non-hydrogen) atoms. The molecule has 174 valence electrons. The summed E-state index contributed by atoms with van der Waals surface area (Å²) in [5.41, 5.74) is 2.96. The summed E-state index contributed by atoms with van der Waals surface area (Å²) in [6.07, 6.45) is 2.01. The Labute approximate surface area is 204 Å². The van der Waals surface area contributed by atoms with Crippen LogP contribution in [0.2, 0.25) is 0 Å². The summed E-state index contributed by atoms with van der Waals surface area (Å²) >= 11 is 3.30. The van der Waals surface area contributed by atoms with Gasteiger partial charge in [-0.25, -0.2) is 4.79 Å². The minimum atomic E-state index is -0.276. The molecule has 3 rings (SSSR count). The summed E-state index contributed by atoms with van der Waals surface area (Å²) in [6, 6.07) is 19.3. The maximum absolute atomic E-state index is 13.4. The predicted molar refractivity (Wildman–Crippen MR) is 139 cm³/mol. The highest BCUT2D eigenvalue weighted by Crippen LogP contribution is 2.21. The zero-order chi connectivity index (χ0) is 23.8.